The smallest absolute Gasteiger partial charge is 0.172 e. The number of nitrogens with zero attached hydrogens (tertiary/aromatic N) is 4. The van der Waals surface area contributed by atoms with Crippen molar-refractivity contribution in [3.05, 3.63) is 89.8 Å². The number of aromatic nitrogens is 3. The van der Waals surface area contributed by atoms with E-state index in [-0.39, 0.29) is 6.04 Å². The van der Waals surface area contributed by atoms with Gasteiger partial charge in [-0.05, 0) is 43.3 Å². The predicted molar refractivity (Wildman–Crippen MR) is 106 cm³/mol. The minimum Gasteiger partial charge on any atom is -0.315 e. The summed E-state index contributed by atoms with van der Waals surface area (Å²) in [7, 11) is 0. The quantitative estimate of drug-likeness (QED) is 0.476. The molecular formula is C21H17ClN4. The number of fused-ring (bicyclic) bond motifs is 1. The van der Waals surface area contributed by atoms with Crippen LogP contribution in [0.15, 0.2) is 79.0 Å². The molecular weight excluding hydrogens is 344 g/mol. The van der Waals surface area contributed by atoms with Crippen LogP contribution in [-0.2, 0) is 0 Å². The predicted octanol–water partition coefficient (Wildman–Crippen LogP) is 5.58. The maximum Gasteiger partial charge on any atom is 0.172 e. The van der Waals surface area contributed by atoms with E-state index in [4.69, 9.17) is 16.6 Å². The summed E-state index contributed by atoms with van der Waals surface area (Å²) in [5, 5.41) is 0.371. The lowest BCUT2D eigenvalue weighted by Gasteiger charge is -2.30. The second-order valence-electron chi connectivity index (χ2n) is 5.96. The summed E-state index contributed by atoms with van der Waals surface area (Å²) < 4.78 is 0. The number of anilines is 2. The maximum atomic E-state index is 6.54. The summed E-state index contributed by atoms with van der Waals surface area (Å²) in [6.07, 6.45) is 1.79. The largest absolute Gasteiger partial charge is 0.315 e. The van der Waals surface area contributed by atoms with E-state index in [2.05, 4.69) is 21.8 Å². The molecule has 4 rings (SSSR count). The van der Waals surface area contributed by atoms with E-state index < -0.39 is 0 Å². The maximum absolute atomic E-state index is 6.54. The van der Waals surface area contributed by atoms with E-state index in [9.17, 15) is 0 Å². The Bertz CT molecular complexity index is 1020. The number of benzene rings is 2. The molecule has 5 heteroatoms. The van der Waals surface area contributed by atoms with Crippen molar-refractivity contribution in [2.75, 3.05) is 4.90 Å². The Morgan fingerprint density at radius 1 is 0.808 bits per heavy atom. The van der Waals surface area contributed by atoms with Crippen LogP contribution < -0.4 is 4.90 Å². The molecule has 0 saturated heterocycles. The monoisotopic (exact) mass is 360 g/mol. The molecule has 1 unspecified atom stereocenters. The first-order chi connectivity index (χ1) is 12.7. The summed E-state index contributed by atoms with van der Waals surface area (Å²) >= 11 is 6.54. The first-order valence-corrected chi connectivity index (χ1v) is 8.79. The van der Waals surface area contributed by atoms with Crippen LogP contribution in [0, 0.1) is 0 Å². The fourth-order valence-electron chi connectivity index (χ4n) is 3.00. The molecule has 0 radical (unpaired) electrons. The van der Waals surface area contributed by atoms with Crippen LogP contribution in [-0.4, -0.2) is 15.0 Å². The highest BCUT2D eigenvalue weighted by Gasteiger charge is 2.24. The van der Waals surface area contributed by atoms with Gasteiger partial charge in [0.1, 0.15) is 0 Å². The van der Waals surface area contributed by atoms with E-state index in [1.807, 2.05) is 72.8 Å². The summed E-state index contributed by atoms with van der Waals surface area (Å²) in [6.45, 7) is 2.09. The minimum atomic E-state index is -0.0634. The van der Waals surface area contributed by atoms with E-state index in [0.29, 0.717) is 11.0 Å². The van der Waals surface area contributed by atoms with Gasteiger partial charge >= 0.3 is 0 Å². The third-order valence-corrected chi connectivity index (χ3v) is 4.53. The van der Waals surface area contributed by atoms with Crippen molar-refractivity contribution < 1.29 is 0 Å². The molecule has 0 aliphatic carbocycles. The third-order valence-electron chi connectivity index (χ3n) is 4.28. The molecule has 2 aromatic heterocycles. The molecule has 0 amide bonds. The van der Waals surface area contributed by atoms with Crippen LogP contribution in [0.4, 0.5) is 11.5 Å². The molecule has 0 N–H and O–H groups in total. The van der Waals surface area contributed by atoms with Gasteiger partial charge in [0.2, 0.25) is 0 Å². The third kappa shape index (κ3) is 3.11. The molecule has 128 valence electrons. The molecule has 0 saturated carbocycles. The van der Waals surface area contributed by atoms with Crippen molar-refractivity contribution in [3.63, 3.8) is 0 Å². The first kappa shape index (κ1) is 16.5. The Balaban J connectivity index is 1.90. The van der Waals surface area contributed by atoms with Gasteiger partial charge in [-0.3, -0.25) is 4.98 Å². The van der Waals surface area contributed by atoms with Gasteiger partial charge in [-0.2, -0.15) is 0 Å². The number of pyridine rings is 1. The highest BCUT2D eigenvalue weighted by molar-refractivity contribution is 6.32. The van der Waals surface area contributed by atoms with Crippen molar-refractivity contribution in [3.8, 4) is 0 Å². The minimum absolute atomic E-state index is 0.0634. The first-order valence-electron chi connectivity index (χ1n) is 8.41. The number of hydrogen-bond donors (Lipinski definition) is 0. The molecule has 0 spiro atoms. The Hall–Kier alpha value is -2.98. The van der Waals surface area contributed by atoms with Crippen LogP contribution in [0.1, 0.15) is 18.7 Å². The van der Waals surface area contributed by atoms with E-state index >= 15 is 0 Å². The Labute approximate surface area is 157 Å². The Kier molecular flexibility index (Phi) is 4.50. The van der Waals surface area contributed by atoms with Gasteiger partial charge in [-0.1, -0.05) is 48.0 Å². The second kappa shape index (κ2) is 7.10. The highest BCUT2D eigenvalue weighted by Crippen LogP contribution is 2.37. The van der Waals surface area contributed by atoms with Crippen molar-refractivity contribution in [1.29, 1.82) is 0 Å². The molecule has 26 heavy (non-hydrogen) atoms. The lowest BCUT2D eigenvalue weighted by Crippen LogP contribution is -2.24. The van der Waals surface area contributed by atoms with Crippen molar-refractivity contribution in [2.45, 2.75) is 13.0 Å². The average molecular weight is 361 g/mol. The molecule has 2 heterocycles. The van der Waals surface area contributed by atoms with Crippen LogP contribution in [0.3, 0.4) is 0 Å². The van der Waals surface area contributed by atoms with Crippen molar-refractivity contribution in [2.24, 2.45) is 0 Å². The van der Waals surface area contributed by atoms with Gasteiger partial charge in [0.15, 0.2) is 11.0 Å². The van der Waals surface area contributed by atoms with Crippen LogP contribution in [0.5, 0.6) is 0 Å². The van der Waals surface area contributed by atoms with Crippen LogP contribution in [0.25, 0.3) is 11.0 Å². The summed E-state index contributed by atoms with van der Waals surface area (Å²) in [6, 6.07) is 23.6. The van der Waals surface area contributed by atoms with E-state index in [1.165, 1.54) is 0 Å². The standard InChI is InChI=1S/C21H17ClN4/c1-15(17-11-7-8-14-23-17)26(16-9-3-2-4-10-16)21-20(22)24-18-12-5-6-13-19(18)25-21/h2-15H,1H3. The normalized spacial score (nSPS) is 12.1. The van der Waals surface area contributed by atoms with Gasteiger partial charge in [0.25, 0.3) is 0 Å². The summed E-state index contributed by atoms with van der Waals surface area (Å²) in [5.41, 5.74) is 3.50. The lowest BCUT2D eigenvalue weighted by atomic mass is 10.1. The number of para-hydroxylation sites is 3. The summed E-state index contributed by atoms with van der Waals surface area (Å²) in [4.78, 5) is 15.9. The zero-order valence-corrected chi connectivity index (χ0v) is 15.0. The number of hydrogen-bond acceptors (Lipinski definition) is 4. The van der Waals surface area contributed by atoms with Gasteiger partial charge in [-0.15, -0.1) is 0 Å². The molecule has 0 aliphatic rings. The lowest BCUT2D eigenvalue weighted by molar-refractivity contribution is 0.735. The van der Waals surface area contributed by atoms with Crippen LogP contribution in [0.2, 0.25) is 5.15 Å². The molecule has 1 atom stereocenters. The van der Waals surface area contributed by atoms with Gasteiger partial charge < -0.3 is 4.90 Å². The van der Waals surface area contributed by atoms with Crippen molar-refractivity contribution >= 4 is 34.1 Å². The highest BCUT2D eigenvalue weighted by atomic mass is 35.5. The summed E-state index contributed by atoms with van der Waals surface area (Å²) in [5.74, 6) is 0.620. The number of rotatable bonds is 4. The van der Waals surface area contributed by atoms with Crippen molar-refractivity contribution in [1.82, 2.24) is 15.0 Å². The Morgan fingerprint density at radius 3 is 2.15 bits per heavy atom. The van der Waals surface area contributed by atoms with Crippen LogP contribution >= 0.6 is 11.6 Å². The van der Waals surface area contributed by atoms with E-state index in [0.717, 1.165) is 22.4 Å². The average Bonchev–Trinajstić information content (AvgIpc) is 2.70. The zero-order chi connectivity index (χ0) is 17.9. The SMILES string of the molecule is CC(c1ccccn1)N(c1ccccc1)c1nc2ccccc2nc1Cl. The number of halogens is 1. The Morgan fingerprint density at radius 2 is 1.46 bits per heavy atom. The fourth-order valence-corrected chi connectivity index (χ4v) is 3.22. The molecule has 4 nitrogen and oxygen atoms in total. The van der Waals surface area contributed by atoms with Gasteiger partial charge in [-0.25, -0.2) is 9.97 Å². The van der Waals surface area contributed by atoms with E-state index in [1.54, 1.807) is 6.20 Å². The molecule has 0 aliphatic heterocycles. The second-order valence-corrected chi connectivity index (χ2v) is 6.32. The molecule has 0 fully saturated rings. The van der Waals surface area contributed by atoms with Gasteiger partial charge in [0, 0.05) is 11.9 Å². The molecule has 4 aromatic rings. The topological polar surface area (TPSA) is 41.9 Å². The zero-order valence-electron chi connectivity index (χ0n) is 14.2. The molecule has 0 bridgehead atoms. The fraction of sp³-hybridized carbons (Fsp3) is 0.0952. The van der Waals surface area contributed by atoms with Gasteiger partial charge in [0.05, 0.1) is 22.8 Å². The molecule has 2 aromatic carbocycles.